The highest BCUT2D eigenvalue weighted by atomic mass is 16.5. The summed E-state index contributed by atoms with van der Waals surface area (Å²) in [5, 5.41) is 3.92. The zero-order valence-corrected chi connectivity index (χ0v) is 15.9. The van der Waals surface area contributed by atoms with E-state index in [9.17, 15) is 4.79 Å². The number of ether oxygens (including phenoxy) is 1. The van der Waals surface area contributed by atoms with Crippen LogP contribution in [0.1, 0.15) is 31.1 Å². The van der Waals surface area contributed by atoms with E-state index < -0.39 is 6.10 Å². The summed E-state index contributed by atoms with van der Waals surface area (Å²) in [4.78, 5) is 21.0. The van der Waals surface area contributed by atoms with Crippen molar-refractivity contribution >= 4 is 5.91 Å². The molecule has 1 aliphatic heterocycles. The molecule has 1 fully saturated rings. The third-order valence-electron chi connectivity index (χ3n) is 4.74. The molecular weight excluding hydrogens is 346 g/mol. The molecule has 1 unspecified atom stereocenters. The summed E-state index contributed by atoms with van der Waals surface area (Å²) in [6.07, 6.45) is 0.367. The summed E-state index contributed by atoms with van der Waals surface area (Å²) in [6, 6.07) is 7.86. The number of para-hydroxylation sites is 1. The highest BCUT2D eigenvalue weighted by molar-refractivity contribution is 5.81. The predicted octanol–water partition coefficient (Wildman–Crippen LogP) is 1.20. The molecule has 0 spiro atoms. The standard InChI is InChI=1S/C19H27N5O3/c1-3-15-6-4-5-7-16(15)26-14(2)19(25)24-10-8-23(9-11-24)13-17-21-18(12-20)27-22-17/h4-7,14H,3,8-13,20H2,1-2H3. The predicted molar refractivity (Wildman–Crippen MR) is 100.0 cm³/mol. The smallest absolute Gasteiger partial charge is 0.263 e. The van der Waals surface area contributed by atoms with Crippen LogP contribution in [0.15, 0.2) is 28.8 Å². The molecule has 27 heavy (non-hydrogen) atoms. The van der Waals surface area contributed by atoms with Gasteiger partial charge in [-0.1, -0.05) is 30.3 Å². The lowest BCUT2D eigenvalue weighted by Gasteiger charge is -2.35. The van der Waals surface area contributed by atoms with Gasteiger partial charge in [0.2, 0.25) is 5.89 Å². The third-order valence-corrected chi connectivity index (χ3v) is 4.74. The fraction of sp³-hybridized carbons (Fsp3) is 0.526. The van der Waals surface area contributed by atoms with Gasteiger partial charge in [0, 0.05) is 26.2 Å². The zero-order valence-electron chi connectivity index (χ0n) is 15.9. The van der Waals surface area contributed by atoms with Gasteiger partial charge >= 0.3 is 0 Å². The molecule has 2 N–H and O–H groups in total. The number of aryl methyl sites for hydroxylation is 1. The first kappa shape index (κ1) is 19.3. The van der Waals surface area contributed by atoms with Gasteiger partial charge in [0.05, 0.1) is 13.1 Å². The number of aromatic nitrogens is 2. The second-order valence-corrected chi connectivity index (χ2v) is 6.63. The fourth-order valence-electron chi connectivity index (χ4n) is 3.17. The molecule has 1 aromatic heterocycles. The number of piperazine rings is 1. The first-order valence-corrected chi connectivity index (χ1v) is 9.38. The van der Waals surface area contributed by atoms with E-state index in [0.29, 0.717) is 31.3 Å². The van der Waals surface area contributed by atoms with Crippen LogP contribution >= 0.6 is 0 Å². The minimum Gasteiger partial charge on any atom is -0.481 e. The molecule has 1 amide bonds. The van der Waals surface area contributed by atoms with Crippen LogP contribution in [0.3, 0.4) is 0 Å². The van der Waals surface area contributed by atoms with Gasteiger partial charge in [0.15, 0.2) is 11.9 Å². The molecule has 1 aliphatic rings. The Morgan fingerprint density at radius 3 is 2.70 bits per heavy atom. The average molecular weight is 373 g/mol. The summed E-state index contributed by atoms with van der Waals surface area (Å²) < 4.78 is 11.0. The minimum absolute atomic E-state index is 0.0190. The van der Waals surface area contributed by atoms with E-state index in [2.05, 4.69) is 22.0 Å². The Balaban J connectivity index is 1.50. The Hall–Kier alpha value is -2.45. The number of carbonyl (C=O) groups excluding carboxylic acids is 1. The van der Waals surface area contributed by atoms with E-state index in [0.717, 1.165) is 30.8 Å². The number of benzene rings is 1. The number of nitrogens with zero attached hydrogens (tertiary/aromatic N) is 4. The van der Waals surface area contributed by atoms with E-state index in [1.54, 1.807) is 0 Å². The van der Waals surface area contributed by atoms with Crippen LogP contribution in [0.25, 0.3) is 0 Å². The van der Waals surface area contributed by atoms with Crippen LogP contribution in [-0.2, 0) is 24.3 Å². The van der Waals surface area contributed by atoms with Gasteiger partial charge < -0.3 is 19.9 Å². The molecule has 0 radical (unpaired) electrons. The SMILES string of the molecule is CCc1ccccc1OC(C)C(=O)N1CCN(Cc2noc(CN)n2)CC1. The summed E-state index contributed by atoms with van der Waals surface area (Å²) in [7, 11) is 0. The lowest BCUT2D eigenvalue weighted by Crippen LogP contribution is -2.51. The van der Waals surface area contributed by atoms with Crippen molar-refractivity contribution in [2.75, 3.05) is 26.2 Å². The minimum atomic E-state index is -0.506. The first-order valence-electron chi connectivity index (χ1n) is 9.38. The van der Waals surface area contributed by atoms with Gasteiger partial charge in [-0.3, -0.25) is 9.69 Å². The molecule has 0 bridgehead atoms. The Morgan fingerprint density at radius 1 is 1.30 bits per heavy atom. The second-order valence-electron chi connectivity index (χ2n) is 6.63. The molecule has 146 valence electrons. The molecule has 2 aromatic rings. The molecule has 8 nitrogen and oxygen atoms in total. The normalized spacial score (nSPS) is 16.3. The topological polar surface area (TPSA) is 97.7 Å². The first-order chi connectivity index (χ1) is 13.1. The number of hydrogen-bond acceptors (Lipinski definition) is 7. The van der Waals surface area contributed by atoms with Crippen LogP contribution in [0.5, 0.6) is 5.75 Å². The van der Waals surface area contributed by atoms with E-state index in [1.165, 1.54) is 0 Å². The lowest BCUT2D eigenvalue weighted by atomic mass is 10.1. The molecule has 1 aromatic carbocycles. The monoisotopic (exact) mass is 373 g/mol. The maximum atomic E-state index is 12.7. The molecule has 8 heteroatoms. The number of carbonyl (C=O) groups is 1. The van der Waals surface area contributed by atoms with Gasteiger partial charge in [-0.2, -0.15) is 4.98 Å². The molecule has 1 saturated heterocycles. The number of amides is 1. The molecule has 3 rings (SSSR count). The number of rotatable bonds is 7. The van der Waals surface area contributed by atoms with E-state index in [4.69, 9.17) is 15.0 Å². The third kappa shape index (κ3) is 4.84. The fourth-order valence-corrected chi connectivity index (χ4v) is 3.17. The van der Waals surface area contributed by atoms with Crippen molar-refractivity contribution in [3.05, 3.63) is 41.5 Å². The van der Waals surface area contributed by atoms with Crippen LogP contribution in [0.4, 0.5) is 0 Å². The van der Waals surface area contributed by atoms with Crippen molar-refractivity contribution in [2.24, 2.45) is 5.73 Å². The molecule has 0 aliphatic carbocycles. The lowest BCUT2D eigenvalue weighted by molar-refractivity contribution is -0.139. The van der Waals surface area contributed by atoms with E-state index >= 15 is 0 Å². The molecule has 0 saturated carbocycles. The van der Waals surface area contributed by atoms with Crippen molar-refractivity contribution in [1.29, 1.82) is 0 Å². The quantitative estimate of drug-likeness (QED) is 0.779. The maximum Gasteiger partial charge on any atom is 0.263 e. The summed E-state index contributed by atoms with van der Waals surface area (Å²) in [6.45, 7) is 7.57. The molecular formula is C19H27N5O3. The second kappa shape index (κ2) is 8.96. The Kier molecular flexibility index (Phi) is 6.41. The van der Waals surface area contributed by atoms with Crippen LogP contribution < -0.4 is 10.5 Å². The zero-order chi connectivity index (χ0) is 19.2. The Morgan fingerprint density at radius 2 is 2.04 bits per heavy atom. The largest absolute Gasteiger partial charge is 0.481 e. The van der Waals surface area contributed by atoms with Crippen LogP contribution in [0, 0.1) is 0 Å². The van der Waals surface area contributed by atoms with E-state index in [1.807, 2.05) is 36.1 Å². The number of hydrogen-bond donors (Lipinski definition) is 1. The highest BCUT2D eigenvalue weighted by Gasteiger charge is 2.27. The molecule has 2 heterocycles. The van der Waals surface area contributed by atoms with Crippen molar-refractivity contribution in [2.45, 2.75) is 39.5 Å². The maximum absolute atomic E-state index is 12.7. The highest BCUT2D eigenvalue weighted by Crippen LogP contribution is 2.20. The summed E-state index contributed by atoms with van der Waals surface area (Å²) >= 11 is 0. The van der Waals surface area contributed by atoms with Crippen LogP contribution in [0.2, 0.25) is 0 Å². The molecule has 1 atom stereocenters. The number of nitrogens with two attached hydrogens (primary N) is 1. The van der Waals surface area contributed by atoms with Crippen molar-refractivity contribution < 1.29 is 14.1 Å². The summed E-state index contributed by atoms with van der Waals surface area (Å²) in [5.74, 6) is 1.87. The average Bonchev–Trinajstić information content (AvgIpc) is 3.16. The van der Waals surface area contributed by atoms with Crippen molar-refractivity contribution in [1.82, 2.24) is 19.9 Å². The summed E-state index contributed by atoms with van der Waals surface area (Å²) in [5.41, 5.74) is 6.59. The van der Waals surface area contributed by atoms with Gasteiger partial charge in [-0.05, 0) is 25.0 Å². The van der Waals surface area contributed by atoms with Gasteiger partial charge in [-0.15, -0.1) is 0 Å². The van der Waals surface area contributed by atoms with Gasteiger partial charge in [0.1, 0.15) is 5.75 Å². The Bertz CT molecular complexity index is 755. The Labute approximate surface area is 159 Å². The van der Waals surface area contributed by atoms with Crippen molar-refractivity contribution in [3.8, 4) is 5.75 Å². The van der Waals surface area contributed by atoms with E-state index in [-0.39, 0.29) is 12.5 Å². The van der Waals surface area contributed by atoms with Gasteiger partial charge in [0.25, 0.3) is 5.91 Å². The van der Waals surface area contributed by atoms with Crippen molar-refractivity contribution in [3.63, 3.8) is 0 Å². The van der Waals surface area contributed by atoms with Crippen LogP contribution in [-0.4, -0.2) is 58.1 Å². The van der Waals surface area contributed by atoms with Gasteiger partial charge in [-0.25, -0.2) is 0 Å².